The molecule has 0 saturated heterocycles. The molecule has 0 fully saturated rings. The Balaban J connectivity index is 2.11. The molecule has 0 amide bonds. The lowest BCUT2D eigenvalue weighted by Gasteiger charge is -2.11. The fourth-order valence-electron chi connectivity index (χ4n) is 2.17. The van der Waals surface area contributed by atoms with Crippen molar-refractivity contribution in [2.45, 2.75) is 19.8 Å². The molecule has 1 N–H and O–H groups in total. The highest BCUT2D eigenvalue weighted by molar-refractivity contribution is 5.85. The fraction of sp³-hybridized carbons (Fsp3) is 0.176. The lowest BCUT2D eigenvalue weighted by Crippen LogP contribution is -2.04. The van der Waals surface area contributed by atoms with Crippen LogP contribution < -0.4 is 0 Å². The van der Waals surface area contributed by atoms with Gasteiger partial charge in [-0.2, -0.15) is 0 Å². The summed E-state index contributed by atoms with van der Waals surface area (Å²) in [4.78, 5) is 23.8. The summed E-state index contributed by atoms with van der Waals surface area (Å²) in [6, 6.07) is 7.69. The second-order valence-corrected chi connectivity index (χ2v) is 5.61. The van der Waals surface area contributed by atoms with Crippen LogP contribution in [0.4, 0.5) is 4.39 Å². The summed E-state index contributed by atoms with van der Waals surface area (Å²) in [5.41, 5.74) is 1.41. The van der Waals surface area contributed by atoms with Crippen molar-refractivity contribution in [2.75, 3.05) is 0 Å². The van der Waals surface area contributed by atoms with Crippen LogP contribution >= 0.6 is 0 Å². The van der Waals surface area contributed by atoms with E-state index in [0.717, 1.165) is 5.69 Å². The van der Waals surface area contributed by atoms with E-state index in [1.54, 1.807) is 18.2 Å². The molecule has 0 atom stereocenters. The van der Waals surface area contributed by atoms with Gasteiger partial charge in [0.15, 0.2) is 11.5 Å². The molecule has 0 unspecified atom stereocenters. The first-order valence-corrected chi connectivity index (χ1v) is 7.36. The Hall–Kier alpha value is -3.09. The van der Waals surface area contributed by atoms with Crippen molar-refractivity contribution in [3.8, 4) is 17.2 Å². The van der Waals surface area contributed by atoms with Crippen LogP contribution in [0.3, 0.4) is 0 Å². The third-order valence-electron chi connectivity index (χ3n) is 3.49. The molecule has 3 rings (SSSR count). The number of hydrogen-bond donors (Lipinski definition) is 1. The summed E-state index contributed by atoms with van der Waals surface area (Å²) in [7, 11) is 0. The Bertz CT molecular complexity index is 888. The zero-order valence-electron chi connectivity index (χ0n) is 13.1. The van der Waals surface area contributed by atoms with E-state index in [1.807, 2.05) is 13.8 Å². The minimum Gasteiger partial charge on any atom is -0.476 e. The molecule has 24 heavy (non-hydrogen) atoms. The number of carboxylic acid groups (broad SMARTS) is 1. The number of carboxylic acids is 1. The summed E-state index contributed by atoms with van der Waals surface area (Å²) in [5.74, 6) is -0.339. The third kappa shape index (κ3) is 3.15. The minimum atomic E-state index is -1.11. The van der Waals surface area contributed by atoms with Gasteiger partial charge in [-0.3, -0.25) is 4.57 Å². The molecule has 2 aromatic heterocycles. The number of rotatable bonds is 4. The predicted octanol–water partition coefficient (Wildman–Crippen LogP) is 3.29. The van der Waals surface area contributed by atoms with Crippen LogP contribution in [0.2, 0.25) is 0 Å². The van der Waals surface area contributed by atoms with Gasteiger partial charge in [0, 0.05) is 23.5 Å². The van der Waals surface area contributed by atoms with Crippen molar-refractivity contribution < 1.29 is 14.3 Å². The second-order valence-electron chi connectivity index (χ2n) is 5.61. The van der Waals surface area contributed by atoms with E-state index in [2.05, 4.69) is 15.0 Å². The monoisotopic (exact) mass is 326 g/mol. The van der Waals surface area contributed by atoms with E-state index < -0.39 is 5.97 Å². The number of nitrogens with zero attached hydrogens (tertiary/aromatic N) is 4. The quantitative estimate of drug-likeness (QED) is 0.795. The van der Waals surface area contributed by atoms with Gasteiger partial charge in [0.05, 0.1) is 0 Å². The first kappa shape index (κ1) is 15.8. The van der Waals surface area contributed by atoms with E-state index in [0.29, 0.717) is 17.2 Å². The van der Waals surface area contributed by atoms with Crippen molar-refractivity contribution in [2.24, 2.45) is 0 Å². The Morgan fingerprint density at radius 3 is 2.50 bits per heavy atom. The summed E-state index contributed by atoms with van der Waals surface area (Å²) >= 11 is 0. The molecule has 0 spiro atoms. The van der Waals surface area contributed by atoms with Crippen molar-refractivity contribution in [1.82, 2.24) is 19.5 Å². The molecule has 6 nitrogen and oxygen atoms in total. The van der Waals surface area contributed by atoms with Gasteiger partial charge in [-0.1, -0.05) is 13.8 Å². The molecule has 0 aliphatic carbocycles. The number of carbonyl (C=O) groups is 1. The van der Waals surface area contributed by atoms with Gasteiger partial charge >= 0.3 is 5.97 Å². The molecule has 0 saturated carbocycles. The summed E-state index contributed by atoms with van der Waals surface area (Å²) in [6.07, 6.45) is 2.79. The largest absolute Gasteiger partial charge is 0.476 e. The van der Waals surface area contributed by atoms with Crippen LogP contribution in [0.15, 0.2) is 42.9 Å². The van der Waals surface area contributed by atoms with E-state index in [-0.39, 0.29) is 17.4 Å². The van der Waals surface area contributed by atoms with Crippen LogP contribution in [0, 0.1) is 5.82 Å². The van der Waals surface area contributed by atoms with E-state index in [1.165, 1.54) is 29.2 Å². The molecule has 3 aromatic rings. The summed E-state index contributed by atoms with van der Waals surface area (Å²) in [5, 5.41) is 9.00. The normalized spacial score (nSPS) is 11.0. The van der Waals surface area contributed by atoms with E-state index in [4.69, 9.17) is 5.11 Å². The van der Waals surface area contributed by atoms with Crippen molar-refractivity contribution in [3.05, 3.63) is 60.1 Å². The Morgan fingerprint density at radius 2 is 1.92 bits per heavy atom. The van der Waals surface area contributed by atoms with Gasteiger partial charge in [-0.05, 0) is 30.2 Å². The zero-order valence-corrected chi connectivity index (χ0v) is 13.1. The molecule has 0 aliphatic rings. The Kier molecular flexibility index (Phi) is 4.07. The molecule has 0 aliphatic heterocycles. The van der Waals surface area contributed by atoms with Gasteiger partial charge in [0.1, 0.15) is 18.0 Å². The molecular formula is C17H15FN4O2. The number of benzene rings is 1. The lowest BCUT2D eigenvalue weighted by atomic mass is 10.1. The van der Waals surface area contributed by atoms with Crippen molar-refractivity contribution in [3.63, 3.8) is 0 Å². The van der Waals surface area contributed by atoms with Crippen LogP contribution in [-0.4, -0.2) is 30.6 Å². The first-order valence-electron chi connectivity index (χ1n) is 7.36. The highest BCUT2D eigenvalue weighted by Gasteiger charge is 2.13. The number of imidazole rings is 1. The van der Waals surface area contributed by atoms with Gasteiger partial charge < -0.3 is 5.11 Å². The molecule has 1 aromatic carbocycles. The van der Waals surface area contributed by atoms with E-state index >= 15 is 0 Å². The average Bonchev–Trinajstić information content (AvgIpc) is 3.05. The maximum absolute atomic E-state index is 13.1. The number of aromatic nitrogens is 4. The number of aromatic carboxylic acids is 1. The zero-order chi connectivity index (χ0) is 17.3. The number of halogens is 1. The maximum Gasteiger partial charge on any atom is 0.356 e. The maximum atomic E-state index is 13.1. The molecule has 7 heteroatoms. The highest BCUT2D eigenvalue weighted by Crippen LogP contribution is 2.22. The standard InChI is InChI=1S/C17H15FN4O2/c1-10(2)13-7-15(22-8-14(17(23)24)19-9-22)21-16(20-13)11-3-5-12(18)6-4-11/h3-10H,1-2H3,(H,23,24). The second kappa shape index (κ2) is 6.19. The summed E-state index contributed by atoms with van der Waals surface area (Å²) in [6.45, 7) is 3.99. The van der Waals surface area contributed by atoms with Crippen LogP contribution in [-0.2, 0) is 0 Å². The van der Waals surface area contributed by atoms with Gasteiger partial charge in [0.2, 0.25) is 0 Å². The molecule has 122 valence electrons. The molecule has 2 heterocycles. The van der Waals surface area contributed by atoms with Crippen LogP contribution in [0.25, 0.3) is 17.2 Å². The lowest BCUT2D eigenvalue weighted by molar-refractivity contribution is 0.0691. The van der Waals surface area contributed by atoms with E-state index in [9.17, 15) is 9.18 Å². The van der Waals surface area contributed by atoms with Gasteiger partial charge in [-0.15, -0.1) is 0 Å². The molecular weight excluding hydrogens is 311 g/mol. The van der Waals surface area contributed by atoms with Gasteiger partial charge in [-0.25, -0.2) is 24.1 Å². The topological polar surface area (TPSA) is 80.9 Å². The van der Waals surface area contributed by atoms with Crippen LogP contribution in [0.1, 0.15) is 35.9 Å². The third-order valence-corrected chi connectivity index (χ3v) is 3.49. The average molecular weight is 326 g/mol. The predicted molar refractivity (Wildman–Crippen MR) is 85.6 cm³/mol. The first-order chi connectivity index (χ1) is 11.4. The fourth-order valence-corrected chi connectivity index (χ4v) is 2.17. The SMILES string of the molecule is CC(C)c1cc(-n2cnc(C(=O)O)c2)nc(-c2ccc(F)cc2)n1. The van der Waals surface area contributed by atoms with Gasteiger partial charge in [0.25, 0.3) is 0 Å². The van der Waals surface area contributed by atoms with Crippen molar-refractivity contribution >= 4 is 5.97 Å². The Morgan fingerprint density at radius 1 is 1.21 bits per heavy atom. The summed E-state index contributed by atoms with van der Waals surface area (Å²) < 4.78 is 14.7. The minimum absolute atomic E-state index is 0.0666. The molecule has 0 bridgehead atoms. The Labute approximate surface area is 137 Å². The van der Waals surface area contributed by atoms with Crippen molar-refractivity contribution in [1.29, 1.82) is 0 Å². The van der Waals surface area contributed by atoms with Crippen LogP contribution in [0.5, 0.6) is 0 Å². The number of hydrogen-bond acceptors (Lipinski definition) is 4. The smallest absolute Gasteiger partial charge is 0.356 e. The highest BCUT2D eigenvalue weighted by atomic mass is 19.1. The molecule has 0 radical (unpaired) electrons.